The number of fused-ring (bicyclic) bond motifs is 6. The summed E-state index contributed by atoms with van der Waals surface area (Å²) in [6.07, 6.45) is 0. The van der Waals surface area contributed by atoms with Crippen LogP contribution in [0.1, 0.15) is 0 Å². The highest BCUT2D eigenvalue weighted by molar-refractivity contribution is 6.14. The summed E-state index contributed by atoms with van der Waals surface area (Å²) in [5.41, 5.74) is 14.0. The summed E-state index contributed by atoms with van der Waals surface area (Å²) in [6, 6.07) is 79.3. The molecule has 0 bridgehead atoms. The first kappa shape index (κ1) is 35.5. The molecule has 0 N–H and O–H groups in total. The van der Waals surface area contributed by atoms with E-state index in [9.17, 15) is 0 Å². The predicted octanol–water partition coefficient (Wildman–Crippen LogP) is 14.4. The van der Waals surface area contributed by atoms with Crippen LogP contribution >= 0.6 is 0 Å². The molecule has 0 aliphatic carbocycles. The quantitative estimate of drug-likeness (QED) is 0.162. The Hall–Kier alpha value is -8.41. The van der Waals surface area contributed by atoms with Crippen molar-refractivity contribution in [3.05, 3.63) is 224 Å². The fourth-order valence-corrected chi connectivity index (χ4v) is 9.17. The van der Waals surface area contributed by atoms with Gasteiger partial charge in [-0.25, -0.2) is 4.98 Å². The molecule has 5 heteroatoms. The van der Waals surface area contributed by atoms with Crippen molar-refractivity contribution in [2.45, 2.75) is 0 Å². The summed E-state index contributed by atoms with van der Waals surface area (Å²) >= 11 is 0. The van der Waals surface area contributed by atoms with E-state index in [1.807, 2.05) is 18.2 Å². The zero-order valence-corrected chi connectivity index (χ0v) is 33.6. The summed E-state index contributed by atoms with van der Waals surface area (Å²) in [5, 5.41) is 4.73. The van der Waals surface area contributed by atoms with E-state index in [4.69, 9.17) is 15.0 Å². The summed E-state index contributed by atoms with van der Waals surface area (Å²) < 4.78 is 4.63. The van der Waals surface area contributed by atoms with E-state index in [0.29, 0.717) is 17.6 Å². The summed E-state index contributed by atoms with van der Waals surface area (Å²) in [6.45, 7) is 0. The lowest BCUT2D eigenvalue weighted by molar-refractivity contribution is 0.954. The average molecular weight is 792 g/mol. The van der Waals surface area contributed by atoms with Gasteiger partial charge in [0.2, 0.25) is 5.95 Å². The van der Waals surface area contributed by atoms with Crippen LogP contribution in [0.5, 0.6) is 0 Å². The second-order valence-electron chi connectivity index (χ2n) is 15.6. The van der Waals surface area contributed by atoms with Gasteiger partial charge in [-0.15, -0.1) is 0 Å². The van der Waals surface area contributed by atoms with Crippen LogP contribution in [0.15, 0.2) is 224 Å². The Balaban J connectivity index is 1.10. The van der Waals surface area contributed by atoms with E-state index in [0.717, 1.165) is 83.0 Å². The Bertz CT molecular complexity index is 3570. The molecule has 12 rings (SSSR count). The van der Waals surface area contributed by atoms with Gasteiger partial charge in [-0.05, 0) is 58.7 Å². The molecule has 3 aromatic heterocycles. The van der Waals surface area contributed by atoms with Gasteiger partial charge >= 0.3 is 0 Å². The van der Waals surface area contributed by atoms with Crippen LogP contribution in [0.4, 0.5) is 0 Å². The third-order valence-electron chi connectivity index (χ3n) is 12.0. The SMILES string of the molecule is c1ccc(-c2ccc(-n3c4ccccc4c4ccccc43)c(-c3cccc(-c4nc(-c5ccccc5)nc(-n5c6ccccc6c6cccc(-c7ccccc7)c65)n4)c3)c2)cc1. The van der Waals surface area contributed by atoms with Crippen LogP contribution in [0, 0.1) is 0 Å². The van der Waals surface area contributed by atoms with Gasteiger partial charge in [0.15, 0.2) is 11.6 Å². The molecule has 0 atom stereocenters. The van der Waals surface area contributed by atoms with Crippen molar-refractivity contribution in [2.75, 3.05) is 0 Å². The first-order valence-corrected chi connectivity index (χ1v) is 21.0. The molecule has 0 aliphatic heterocycles. The molecule has 9 aromatic carbocycles. The van der Waals surface area contributed by atoms with Crippen molar-refractivity contribution < 1.29 is 0 Å². The van der Waals surface area contributed by atoms with Crippen LogP contribution in [0.25, 0.3) is 111 Å². The van der Waals surface area contributed by atoms with E-state index in [2.05, 4.69) is 215 Å². The maximum atomic E-state index is 5.40. The molecule has 0 spiro atoms. The van der Waals surface area contributed by atoms with Gasteiger partial charge in [0, 0.05) is 43.8 Å². The lowest BCUT2D eigenvalue weighted by Gasteiger charge is -2.17. The van der Waals surface area contributed by atoms with Crippen molar-refractivity contribution in [1.82, 2.24) is 24.1 Å². The van der Waals surface area contributed by atoms with Crippen LogP contribution in [0.3, 0.4) is 0 Å². The van der Waals surface area contributed by atoms with Gasteiger partial charge in [-0.2, -0.15) is 9.97 Å². The second kappa shape index (κ2) is 14.7. The normalized spacial score (nSPS) is 11.5. The molecule has 0 amide bonds. The molecule has 3 heterocycles. The van der Waals surface area contributed by atoms with Gasteiger partial charge < -0.3 is 4.57 Å². The Morgan fingerprint density at radius 1 is 0.274 bits per heavy atom. The Morgan fingerprint density at radius 3 is 1.42 bits per heavy atom. The fourth-order valence-electron chi connectivity index (χ4n) is 9.17. The van der Waals surface area contributed by atoms with Crippen LogP contribution in [0.2, 0.25) is 0 Å². The van der Waals surface area contributed by atoms with E-state index in [-0.39, 0.29) is 0 Å². The minimum atomic E-state index is 0.561. The average Bonchev–Trinajstić information content (AvgIpc) is 3.88. The zero-order chi connectivity index (χ0) is 41.0. The van der Waals surface area contributed by atoms with E-state index >= 15 is 0 Å². The van der Waals surface area contributed by atoms with E-state index < -0.39 is 0 Å². The Kier molecular flexibility index (Phi) is 8.42. The number of hydrogen-bond donors (Lipinski definition) is 0. The van der Waals surface area contributed by atoms with Crippen molar-refractivity contribution in [3.8, 4) is 67.8 Å². The van der Waals surface area contributed by atoms with E-state index in [1.54, 1.807) is 0 Å². The highest BCUT2D eigenvalue weighted by atomic mass is 15.2. The van der Waals surface area contributed by atoms with Gasteiger partial charge in [0.1, 0.15) is 0 Å². The van der Waals surface area contributed by atoms with Gasteiger partial charge in [0.25, 0.3) is 0 Å². The molecule has 0 saturated carbocycles. The smallest absolute Gasteiger partial charge is 0.238 e. The second-order valence-corrected chi connectivity index (χ2v) is 15.6. The van der Waals surface area contributed by atoms with E-state index in [1.165, 1.54) is 10.8 Å². The van der Waals surface area contributed by atoms with Crippen LogP contribution < -0.4 is 0 Å². The first-order chi connectivity index (χ1) is 30.8. The van der Waals surface area contributed by atoms with Crippen molar-refractivity contribution in [1.29, 1.82) is 0 Å². The largest absolute Gasteiger partial charge is 0.309 e. The van der Waals surface area contributed by atoms with Gasteiger partial charge in [-0.1, -0.05) is 188 Å². The van der Waals surface area contributed by atoms with Crippen LogP contribution in [-0.2, 0) is 0 Å². The van der Waals surface area contributed by atoms with Crippen molar-refractivity contribution in [3.63, 3.8) is 0 Å². The number of nitrogens with zero attached hydrogens (tertiary/aromatic N) is 5. The number of hydrogen-bond acceptors (Lipinski definition) is 3. The minimum absolute atomic E-state index is 0.561. The lowest BCUT2D eigenvalue weighted by Crippen LogP contribution is -2.07. The topological polar surface area (TPSA) is 48.5 Å². The standard InChI is InChI=1S/C57H37N5/c1-4-18-38(19-5-1)41-34-35-53(61-50-31-13-10-26-45(50)46-27-11-14-32-51(46)61)49(37-41)42-24-16-25-43(36-42)56-58-55(40-22-8-3-9-23-40)59-57(60-56)62-52-33-15-12-28-47(52)48-30-17-29-44(54(48)62)39-20-6-2-7-21-39/h1-37H. The number of rotatable bonds is 7. The molecule has 12 aromatic rings. The lowest BCUT2D eigenvalue weighted by atomic mass is 9.96. The highest BCUT2D eigenvalue weighted by Crippen LogP contribution is 2.41. The monoisotopic (exact) mass is 791 g/mol. The molecule has 0 fully saturated rings. The van der Waals surface area contributed by atoms with Gasteiger partial charge in [0.05, 0.1) is 27.8 Å². The molecule has 0 unspecified atom stereocenters. The maximum Gasteiger partial charge on any atom is 0.238 e. The molecule has 290 valence electrons. The summed E-state index contributed by atoms with van der Waals surface area (Å²) in [7, 11) is 0. The summed E-state index contributed by atoms with van der Waals surface area (Å²) in [5.74, 6) is 1.76. The number of para-hydroxylation sites is 4. The molecule has 5 nitrogen and oxygen atoms in total. The molecule has 0 saturated heterocycles. The van der Waals surface area contributed by atoms with Gasteiger partial charge in [-0.3, -0.25) is 4.57 Å². The highest BCUT2D eigenvalue weighted by Gasteiger charge is 2.22. The van der Waals surface area contributed by atoms with Crippen molar-refractivity contribution in [2.24, 2.45) is 0 Å². The fraction of sp³-hybridized carbons (Fsp3) is 0. The number of benzene rings is 9. The predicted molar refractivity (Wildman–Crippen MR) is 256 cm³/mol. The third-order valence-corrected chi connectivity index (χ3v) is 12.0. The first-order valence-electron chi connectivity index (χ1n) is 21.0. The van der Waals surface area contributed by atoms with Crippen LogP contribution in [-0.4, -0.2) is 24.1 Å². The molecule has 0 aliphatic rings. The third kappa shape index (κ3) is 5.90. The molecular weight excluding hydrogens is 755 g/mol. The number of aromatic nitrogens is 5. The molecule has 0 radical (unpaired) electrons. The van der Waals surface area contributed by atoms with Crippen molar-refractivity contribution >= 4 is 43.6 Å². The summed E-state index contributed by atoms with van der Waals surface area (Å²) in [4.78, 5) is 15.9. The Morgan fingerprint density at radius 2 is 0.758 bits per heavy atom. The minimum Gasteiger partial charge on any atom is -0.309 e. The zero-order valence-electron chi connectivity index (χ0n) is 33.6. The molecular formula is C57H37N5. The Labute approximate surface area is 358 Å². The molecule has 62 heavy (non-hydrogen) atoms. The maximum absolute atomic E-state index is 5.40.